The molecule has 4 aromatic carbocycles. The third-order valence-corrected chi connectivity index (χ3v) is 8.61. The van der Waals surface area contributed by atoms with Crippen molar-refractivity contribution in [2.24, 2.45) is 0 Å². The molecular formula is C35H29ClN4O5S2. The second kappa shape index (κ2) is 15.9. The van der Waals surface area contributed by atoms with Gasteiger partial charge in [-0.1, -0.05) is 41.9 Å². The van der Waals surface area contributed by atoms with Gasteiger partial charge in [0.25, 0.3) is 11.8 Å². The van der Waals surface area contributed by atoms with Gasteiger partial charge in [0.1, 0.15) is 5.70 Å². The van der Waals surface area contributed by atoms with E-state index in [9.17, 15) is 14.4 Å². The number of thiazole rings is 1. The molecule has 0 aliphatic rings. The van der Waals surface area contributed by atoms with Crippen molar-refractivity contribution >= 4 is 69.3 Å². The SMILES string of the molecule is COc1ccc(-c2csc(NC(=O)CSc3ccc(NC(=O)/C(=C/c4cccc(Cl)c4)NC(=O)c4ccccc4)cc3)n2)cc1OC. The Labute approximate surface area is 285 Å². The van der Waals surface area contributed by atoms with Gasteiger partial charge in [-0.15, -0.1) is 23.1 Å². The summed E-state index contributed by atoms with van der Waals surface area (Å²) in [5.74, 6) is 0.240. The zero-order chi connectivity index (χ0) is 33.2. The van der Waals surface area contributed by atoms with Crippen molar-refractivity contribution < 1.29 is 23.9 Å². The number of carbonyl (C=O) groups is 3. The molecule has 0 unspecified atom stereocenters. The highest BCUT2D eigenvalue weighted by molar-refractivity contribution is 8.00. The van der Waals surface area contributed by atoms with E-state index in [0.29, 0.717) is 44.2 Å². The molecule has 3 amide bonds. The van der Waals surface area contributed by atoms with Gasteiger partial charge in [-0.05, 0) is 78.4 Å². The molecule has 0 spiro atoms. The predicted octanol–water partition coefficient (Wildman–Crippen LogP) is 7.62. The molecule has 0 aliphatic heterocycles. The van der Waals surface area contributed by atoms with Crippen molar-refractivity contribution in [2.75, 3.05) is 30.6 Å². The summed E-state index contributed by atoms with van der Waals surface area (Å²) in [5, 5.41) is 11.2. The van der Waals surface area contributed by atoms with Gasteiger partial charge in [0.05, 0.1) is 25.7 Å². The van der Waals surface area contributed by atoms with Crippen LogP contribution in [0.25, 0.3) is 17.3 Å². The second-order valence-electron chi connectivity index (χ2n) is 9.86. The van der Waals surface area contributed by atoms with E-state index >= 15 is 0 Å². The van der Waals surface area contributed by atoms with Crippen LogP contribution in [0, 0.1) is 0 Å². The second-order valence-corrected chi connectivity index (χ2v) is 12.2. The number of benzene rings is 4. The molecule has 0 aliphatic carbocycles. The molecule has 9 nitrogen and oxygen atoms in total. The molecule has 0 saturated carbocycles. The summed E-state index contributed by atoms with van der Waals surface area (Å²) < 4.78 is 10.7. The van der Waals surface area contributed by atoms with Crippen LogP contribution in [0.2, 0.25) is 5.02 Å². The van der Waals surface area contributed by atoms with Crippen molar-refractivity contribution in [3.05, 3.63) is 124 Å². The number of aromatic nitrogens is 1. The van der Waals surface area contributed by atoms with Crippen LogP contribution < -0.4 is 25.4 Å². The van der Waals surface area contributed by atoms with E-state index in [1.54, 1.807) is 105 Å². The fraction of sp³-hybridized carbons (Fsp3) is 0.0857. The van der Waals surface area contributed by atoms with Crippen LogP contribution >= 0.6 is 34.7 Å². The molecule has 0 saturated heterocycles. The van der Waals surface area contributed by atoms with Crippen molar-refractivity contribution in [1.82, 2.24) is 10.3 Å². The zero-order valence-electron chi connectivity index (χ0n) is 25.3. The molecule has 0 bridgehead atoms. The first-order valence-electron chi connectivity index (χ1n) is 14.2. The number of hydrogen-bond donors (Lipinski definition) is 3. The lowest BCUT2D eigenvalue weighted by Crippen LogP contribution is -2.30. The Morgan fingerprint density at radius 2 is 1.64 bits per heavy atom. The first kappa shape index (κ1) is 33.3. The average molecular weight is 685 g/mol. The molecule has 0 atom stereocenters. The Hall–Kier alpha value is -5.10. The first-order chi connectivity index (χ1) is 22.8. The molecule has 5 aromatic rings. The van der Waals surface area contributed by atoms with Crippen molar-refractivity contribution in [3.63, 3.8) is 0 Å². The molecule has 0 fully saturated rings. The smallest absolute Gasteiger partial charge is 0.272 e. The maximum atomic E-state index is 13.3. The topological polar surface area (TPSA) is 119 Å². The van der Waals surface area contributed by atoms with Gasteiger partial charge in [0.2, 0.25) is 5.91 Å². The Morgan fingerprint density at radius 1 is 0.872 bits per heavy atom. The summed E-state index contributed by atoms with van der Waals surface area (Å²) in [5.41, 5.74) is 3.17. The lowest BCUT2D eigenvalue weighted by Gasteiger charge is -2.12. The highest BCUT2D eigenvalue weighted by atomic mass is 35.5. The monoisotopic (exact) mass is 684 g/mol. The van der Waals surface area contributed by atoms with Crippen LogP contribution in [0.4, 0.5) is 10.8 Å². The maximum absolute atomic E-state index is 13.3. The molecule has 1 heterocycles. The molecule has 12 heteroatoms. The summed E-state index contributed by atoms with van der Waals surface area (Å²) in [6.45, 7) is 0. The van der Waals surface area contributed by atoms with Crippen molar-refractivity contribution in [1.29, 1.82) is 0 Å². The highest BCUT2D eigenvalue weighted by Crippen LogP contribution is 2.33. The zero-order valence-corrected chi connectivity index (χ0v) is 27.7. The van der Waals surface area contributed by atoms with E-state index in [2.05, 4.69) is 20.9 Å². The number of thioether (sulfide) groups is 1. The number of anilines is 2. The van der Waals surface area contributed by atoms with Crippen LogP contribution in [0.3, 0.4) is 0 Å². The quantitative estimate of drug-likeness (QED) is 0.0914. The van der Waals surface area contributed by atoms with Crippen LogP contribution in [0.5, 0.6) is 11.5 Å². The van der Waals surface area contributed by atoms with Gasteiger partial charge in [-0.3, -0.25) is 14.4 Å². The van der Waals surface area contributed by atoms with E-state index in [1.165, 1.54) is 23.1 Å². The van der Waals surface area contributed by atoms with Crippen molar-refractivity contribution in [3.8, 4) is 22.8 Å². The Morgan fingerprint density at radius 3 is 2.36 bits per heavy atom. The Bertz CT molecular complexity index is 1910. The van der Waals surface area contributed by atoms with Crippen LogP contribution in [0.15, 0.2) is 113 Å². The minimum absolute atomic E-state index is 0.0488. The normalized spacial score (nSPS) is 11.0. The number of halogens is 1. The molecule has 238 valence electrons. The lowest BCUT2D eigenvalue weighted by atomic mass is 10.1. The molecular weight excluding hydrogens is 656 g/mol. The molecule has 0 radical (unpaired) electrons. The molecule has 3 N–H and O–H groups in total. The maximum Gasteiger partial charge on any atom is 0.272 e. The Kier molecular flexibility index (Phi) is 11.3. The number of carbonyl (C=O) groups excluding carboxylic acids is 3. The summed E-state index contributed by atoms with van der Waals surface area (Å²) in [6.07, 6.45) is 1.56. The van der Waals surface area contributed by atoms with E-state index in [4.69, 9.17) is 21.1 Å². The van der Waals surface area contributed by atoms with Gasteiger partial charge < -0.3 is 25.4 Å². The summed E-state index contributed by atoms with van der Waals surface area (Å²) >= 11 is 8.80. The van der Waals surface area contributed by atoms with Crippen molar-refractivity contribution in [2.45, 2.75) is 4.90 Å². The van der Waals surface area contributed by atoms with Gasteiger partial charge in [0.15, 0.2) is 16.6 Å². The summed E-state index contributed by atoms with van der Waals surface area (Å²) in [6, 6.07) is 28.1. The first-order valence-corrected chi connectivity index (χ1v) is 16.4. The lowest BCUT2D eigenvalue weighted by molar-refractivity contribution is -0.114. The number of hydrogen-bond acceptors (Lipinski definition) is 8. The minimum Gasteiger partial charge on any atom is -0.493 e. The largest absolute Gasteiger partial charge is 0.493 e. The highest BCUT2D eigenvalue weighted by Gasteiger charge is 2.16. The van der Waals surface area contributed by atoms with Gasteiger partial charge in [-0.25, -0.2) is 4.98 Å². The number of methoxy groups -OCH3 is 2. The summed E-state index contributed by atoms with van der Waals surface area (Å²) in [7, 11) is 3.15. The minimum atomic E-state index is -0.509. The molecule has 1 aromatic heterocycles. The number of nitrogens with zero attached hydrogens (tertiary/aromatic N) is 1. The van der Waals surface area contributed by atoms with E-state index in [1.807, 2.05) is 17.5 Å². The van der Waals surface area contributed by atoms with E-state index < -0.39 is 11.8 Å². The Balaban J connectivity index is 1.18. The average Bonchev–Trinajstić information content (AvgIpc) is 3.56. The van der Waals surface area contributed by atoms with E-state index in [-0.39, 0.29) is 17.4 Å². The van der Waals surface area contributed by atoms with Gasteiger partial charge in [-0.2, -0.15) is 0 Å². The summed E-state index contributed by atoms with van der Waals surface area (Å²) in [4.78, 5) is 44.2. The standard InChI is InChI=1S/C35H29ClN4O5S2/c1-44-30-16-11-24(19-31(30)45-2)29-20-47-35(39-29)40-32(41)21-46-27-14-12-26(13-15-27)37-34(43)28(18-22-7-6-10-25(36)17-22)38-33(42)23-8-4-3-5-9-23/h3-20H,21H2,1-2H3,(H,37,43)(H,38,42)(H,39,40,41)/b28-18-. The number of nitrogens with one attached hydrogen (secondary N) is 3. The molecule has 47 heavy (non-hydrogen) atoms. The van der Waals surface area contributed by atoms with Gasteiger partial charge >= 0.3 is 0 Å². The fourth-order valence-corrected chi connectivity index (χ4v) is 5.93. The third-order valence-electron chi connectivity index (χ3n) is 6.60. The number of ether oxygens (including phenoxy) is 2. The van der Waals surface area contributed by atoms with Crippen LogP contribution in [-0.2, 0) is 9.59 Å². The van der Waals surface area contributed by atoms with Crippen LogP contribution in [0.1, 0.15) is 15.9 Å². The van der Waals surface area contributed by atoms with E-state index in [0.717, 1.165) is 10.5 Å². The number of amides is 3. The fourth-order valence-electron chi connectivity index (χ4n) is 4.30. The van der Waals surface area contributed by atoms with Gasteiger partial charge in [0, 0.05) is 32.1 Å². The predicted molar refractivity (Wildman–Crippen MR) is 188 cm³/mol. The number of rotatable bonds is 12. The third kappa shape index (κ3) is 9.23. The van der Waals surface area contributed by atoms with Crippen LogP contribution in [-0.4, -0.2) is 42.7 Å². The molecule has 5 rings (SSSR count).